The number of rotatable bonds is 2. The molecule has 0 aromatic carbocycles. The van der Waals surface area contributed by atoms with Gasteiger partial charge in [-0.3, -0.25) is 4.90 Å². The molecule has 1 N–H and O–H groups in total. The third-order valence-electron chi connectivity index (χ3n) is 4.51. The Labute approximate surface area is 104 Å². The van der Waals surface area contributed by atoms with Crippen LogP contribution in [0.2, 0.25) is 0 Å². The van der Waals surface area contributed by atoms with Crippen molar-refractivity contribution in [2.45, 2.75) is 24.8 Å². The standard InChI is InChI=1S/C13H24N2O2/c1-2-12(8-14-4-1)9-15-5-7-17-11-13(15)3-6-16-10-13/h12,14H,1-11H2. The van der Waals surface area contributed by atoms with E-state index in [2.05, 4.69) is 10.2 Å². The summed E-state index contributed by atoms with van der Waals surface area (Å²) < 4.78 is 11.3. The zero-order valence-corrected chi connectivity index (χ0v) is 10.6. The lowest BCUT2D eigenvalue weighted by Gasteiger charge is -2.45. The maximum atomic E-state index is 5.69. The Morgan fingerprint density at radius 3 is 2.88 bits per heavy atom. The molecule has 3 aliphatic rings. The number of hydrogen-bond acceptors (Lipinski definition) is 4. The van der Waals surface area contributed by atoms with Gasteiger partial charge in [0.1, 0.15) is 0 Å². The number of nitrogens with zero attached hydrogens (tertiary/aromatic N) is 1. The molecule has 0 radical (unpaired) electrons. The highest BCUT2D eigenvalue weighted by Crippen LogP contribution is 2.30. The first kappa shape index (κ1) is 11.9. The second-order valence-electron chi connectivity index (χ2n) is 5.74. The van der Waals surface area contributed by atoms with Gasteiger partial charge in [-0.1, -0.05) is 0 Å². The van der Waals surface area contributed by atoms with Crippen molar-refractivity contribution < 1.29 is 9.47 Å². The van der Waals surface area contributed by atoms with Gasteiger partial charge in [0.15, 0.2) is 0 Å². The van der Waals surface area contributed by atoms with Gasteiger partial charge >= 0.3 is 0 Å². The Bertz CT molecular complexity index is 248. The molecule has 2 atom stereocenters. The lowest BCUT2D eigenvalue weighted by Crippen LogP contribution is -2.59. The summed E-state index contributed by atoms with van der Waals surface area (Å²) in [7, 11) is 0. The average Bonchev–Trinajstić information content (AvgIpc) is 2.83. The second kappa shape index (κ2) is 5.22. The fourth-order valence-corrected chi connectivity index (χ4v) is 3.40. The molecule has 3 fully saturated rings. The minimum atomic E-state index is 0.204. The van der Waals surface area contributed by atoms with E-state index in [0.717, 1.165) is 45.3 Å². The molecule has 0 aromatic heterocycles. The van der Waals surface area contributed by atoms with E-state index in [1.165, 1.54) is 32.5 Å². The molecule has 3 rings (SSSR count). The van der Waals surface area contributed by atoms with Crippen LogP contribution in [-0.2, 0) is 9.47 Å². The Hall–Kier alpha value is -0.160. The van der Waals surface area contributed by atoms with Crippen molar-refractivity contribution in [1.29, 1.82) is 0 Å². The molecule has 0 aromatic rings. The van der Waals surface area contributed by atoms with Crippen molar-refractivity contribution >= 4 is 0 Å². The molecular weight excluding hydrogens is 216 g/mol. The normalized spacial score (nSPS) is 39.9. The quantitative estimate of drug-likeness (QED) is 0.761. The van der Waals surface area contributed by atoms with Crippen LogP contribution in [0.3, 0.4) is 0 Å². The summed E-state index contributed by atoms with van der Waals surface area (Å²) >= 11 is 0. The van der Waals surface area contributed by atoms with E-state index in [1.807, 2.05) is 0 Å². The zero-order valence-electron chi connectivity index (χ0n) is 10.6. The van der Waals surface area contributed by atoms with Crippen LogP contribution in [0.4, 0.5) is 0 Å². The van der Waals surface area contributed by atoms with Gasteiger partial charge in [-0.05, 0) is 38.3 Å². The highest BCUT2D eigenvalue weighted by Gasteiger charge is 2.43. The molecule has 0 aliphatic carbocycles. The topological polar surface area (TPSA) is 33.7 Å². The van der Waals surface area contributed by atoms with Gasteiger partial charge in [0.05, 0.1) is 25.4 Å². The van der Waals surface area contributed by atoms with Crippen LogP contribution in [0.15, 0.2) is 0 Å². The summed E-state index contributed by atoms with van der Waals surface area (Å²) in [6.07, 6.45) is 3.85. The summed E-state index contributed by atoms with van der Waals surface area (Å²) in [6, 6.07) is 0. The summed E-state index contributed by atoms with van der Waals surface area (Å²) in [5, 5.41) is 3.51. The van der Waals surface area contributed by atoms with Crippen LogP contribution in [-0.4, -0.2) is 63.0 Å². The van der Waals surface area contributed by atoms with Crippen molar-refractivity contribution in [2.75, 3.05) is 52.6 Å². The predicted molar refractivity (Wildman–Crippen MR) is 66.2 cm³/mol. The summed E-state index contributed by atoms with van der Waals surface area (Å²) in [4.78, 5) is 2.65. The number of nitrogens with one attached hydrogen (secondary N) is 1. The summed E-state index contributed by atoms with van der Waals surface area (Å²) in [6.45, 7) is 8.23. The van der Waals surface area contributed by atoms with Crippen LogP contribution in [0.1, 0.15) is 19.3 Å². The zero-order chi connectivity index (χ0) is 11.6. The molecule has 17 heavy (non-hydrogen) atoms. The Balaban J connectivity index is 1.62. The van der Waals surface area contributed by atoms with E-state index >= 15 is 0 Å². The first-order chi connectivity index (χ1) is 8.39. The van der Waals surface area contributed by atoms with E-state index < -0.39 is 0 Å². The molecule has 0 amide bonds. The largest absolute Gasteiger partial charge is 0.379 e. The van der Waals surface area contributed by atoms with Crippen LogP contribution in [0.5, 0.6) is 0 Å². The Morgan fingerprint density at radius 2 is 2.12 bits per heavy atom. The third kappa shape index (κ3) is 2.50. The third-order valence-corrected chi connectivity index (χ3v) is 4.51. The minimum absolute atomic E-state index is 0.204. The summed E-state index contributed by atoms with van der Waals surface area (Å²) in [5.74, 6) is 0.819. The molecule has 98 valence electrons. The molecule has 0 saturated carbocycles. The second-order valence-corrected chi connectivity index (χ2v) is 5.74. The van der Waals surface area contributed by atoms with Gasteiger partial charge in [0.25, 0.3) is 0 Å². The Morgan fingerprint density at radius 1 is 1.24 bits per heavy atom. The molecule has 4 nitrogen and oxygen atoms in total. The van der Waals surface area contributed by atoms with Gasteiger partial charge in [-0.2, -0.15) is 0 Å². The minimum Gasteiger partial charge on any atom is -0.379 e. The molecule has 3 aliphatic heterocycles. The number of morpholine rings is 1. The average molecular weight is 240 g/mol. The monoisotopic (exact) mass is 240 g/mol. The van der Waals surface area contributed by atoms with Crippen LogP contribution in [0, 0.1) is 5.92 Å². The van der Waals surface area contributed by atoms with Crippen molar-refractivity contribution in [1.82, 2.24) is 10.2 Å². The molecule has 4 heteroatoms. The Kier molecular flexibility index (Phi) is 3.66. The van der Waals surface area contributed by atoms with Crippen LogP contribution in [0.25, 0.3) is 0 Å². The van der Waals surface area contributed by atoms with Gasteiger partial charge in [0.2, 0.25) is 0 Å². The van der Waals surface area contributed by atoms with Crippen molar-refractivity contribution in [2.24, 2.45) is 5.92 Å². The maximum absolute atomic E-state index is 5.69. The van der Waals surface area contributed by atoms with Gasteiger partial charge in [-0.15, -0.1) is 0 Å². The fourth-order valence-electron chi connectivity index (χ4n) is 3.40. The van der Waals surface area contributed by atoms with Crippen molar-refractivity contribution in [3.8, 4) is 0 Å². The number of ether oxygens (including phenoxy) is 2. The molecule has 2 unspecified atom stereocenters. The molecule has 1 spiro atoms. The first-order valence-corrected chi connectivity index (χ1v) is 7.00. The van der Waals surface area contributed by atoms with Crippen molar-refractivity contribution in [3.63, 3.8) is 0 Å². The number of hydrogen-bond donors (Lipinski definition) is 1. The van der Waals surface area contributed by atoms with E-state index in [0.29, 0.717) is 0 Å². The maximum Gasteiger partial charge on any atom is 0.0701 e. The highest BCUT2D eigenvalue weighted by molar-refractivity contribution is 4.97. The molecular formula is C13H24N2O2. The van der Waals surface area contributed by atoms with E-state index in [-0.39, 0.29) is 5.54 Å². The molecule has 0 bridgehead atoms. The molecule has 3 saturated heterocycles. The van der Waals surface area contributed by atoms with Gasteiger partial charge < -0.3 is 14.8 Å². The van der Waals surface area contributed by atoms with Crippen LogP contribution >= 0.6 is 0 Å². The van der Waals surface area contributed by atoms with Gasteiger partial charge in [0, 0.05) is 19.7 Å². The van der Waals surface area contributed by atoms with E-state index in [9.17, 15) is 0 Å². The lowest BCUT2D eigenvalue weighted by atomic mass is 9.92. The SMILES string of the molecule is C1CNCC(CN2CCOCC23CCOC3)C1. The fraction of sp³-hybridized carbons (Fsp3) is 1.00. The highest BCUT2D eigenvalue weighted by atomic mass is 16.5. The molecule has 3 heterocycles. The van der Waals surface area contributed by atoms with Crippen LogP contribution < -0.4 is 5.32 Å². The van der Waals surface area contributed by atoms with E-state index in [1.54, 1.807) is 0 Å². The number of piperidine rings is 1. The van der Waals surface area contributed by atoms with E-state index in [4.69, 9.17) is 9.47 Å². The van der Waals surface area contributed by atoms with Crippen molar-refractivity contribution in [3.05, 3.63) is 0 Å². The van der Waals surface area contributed by atoms with Gasteiger partial charge in [-0.25, -0.2) is 0 Å². The lowest BCUT2D eigenvalue weighted by molar-refractivity contribution is -0.0772. The first-order valence-electron chi connectivity index (χ1n) is 7.00. The predicted octanol–water partition coefficient (Wildman–Crippen LogP) is 0.477. The smallest absolute Gasteiger partial charge is 0.0701 e. The summed E-state index contributed by atoms with van der Waals surface area (Å²) in [5.41, 5.74) is 0.204.